The van der Waals surface area contributed by atoms with Crippen LogP contribution in [-0.4, -0.2) is 36.9 Å². The van der Waals surface area contributed by atoms with E-state index in [2.05, 4.69) is 9.12 Å². The van der Waals surface area contributed by atoms with Crippen LogP contribution in [0.25, 0.3) is 0 Å². The van der Waals surface area contributed by atoms with Gasteiger partial charge in [-0.1, -0.05) is 12.1 Å². The molecular formula is C16H20F4N2O4S. The molecule has 6 nitrogen and oxygen atoms in total. The first-order valence-corrected chi connectivity index (χ1v) is 9.20. The molecule has 0 fully saturated rings. The molecule has 0 aliphatic heterocycles. The van der Waals surface area contributed by atoms with Crippen molar-refractivity contribution in [3.63, 3.8) is 0 Å². The minimum atomic E-state index is -4.89. The molecule has 2 N–H and O–H groups in total. The molecular weight excluding hydrogens is 392 g/mol. The molecule has 0 heterocycles. The average Bonchev–Trinajstić information content (AvgIpc) is 2.42. The molecule has 0 aliphatic rings. The number of hydrogen-bond donors (Lipinski definition) is 2. The lowest BCUT2D eigenvalue weighted by atomic mass is 9.94. The highest BCUT2D eigenvalue weighted by Gasteiger charge is 2.42. The second-order valence-corrected chi connectivity index (χ2v) is 8.25. The van der Waals surface area contributed by atoms with Gasteiger partial charge in [0.2, 0.25) is 0 Å². The minimum absolute atomic E-state index is 0.0599. The number of benzene rings is 1. The minimum Gasteiger partial charge on any atom is -0.481 e. The molecule has 1 aromatic rings. The maximum Gasteiger partial charge on any atom is 0.392 e. The van der Waals surface area contributed by atoms with E-state index < -0.39 is 58.2 Å². The van der Waals surface area contributed by atoms with Crippen LogP contribution in [0.2, 0.25) is 0 Å². The van der Waals surface area contributed by atoms with E-state index in [-0.39, 0.29) is 5.56 Å². The molecule has 0 saturated carbocycles. The third-order valence-electron chi connectivity index (χ3n) is 3.17. The number of alkyl halides is 3. The number of carboxylic acid groups (broad SMARTS) is 1. The van der Waals surface area contributed by atoms with Gasteiger partial charge in [-0.25, -0.2) is 4.39 Å². The molecule has 0 aliphatic carbocycles. The predicted octanol–water partition coefficient (Wildman–Crippen LogP) is 3.29. The molecule has 1 aromatic carbocycles. The summed E-state index contributed by atoms with van der Waals surface area (Å²) in [5, 5.41) is 8.73. The van der Waals surface area contributed by atoms with Crippen molar-refractivity contribution in [2.24, 2.45) is 10.3 Å². The van der Waals surface area contributed by atoms with E-state index in [9.17, 15) is 30.8 Å². The Bertz CT molecular complexity index is 797. The zero-order valence-corrected chi connectivity index (χ0v) is 15.7. The third kappa shape index (κ3) is 8.48. The van der Waals surface area contributed by atoms with Crippen LogP contribution in [0.3, 0.4) is 0 Å². The van der Waals surface area contributed by atoms with Gasteiger partial charge < -0.3 is 5.11 Å². The zero-order valence-electron chi connectivity index (χ0n) is 14.8. The van der Waals surface area contributed by atoms with E-state index in [0.29, 0.717) is 0 Å². The number of aliphatic carboxylic acids is 1. The molecule has 0 amide bonds. The topological polar surface area (TPSA) is 95.8 Å². The van der Waals surface area contributed by atoms with Crippen LogP contribution < -0.4 is 4.72 Å². The number of nitrogens with zero attached hydrogens (tertiary/aromatic N) is 1. The van der Waals surface area contributed by atoms with Crippen LogP contribution in [0.4, 0.5) is 17.6 Å². The smallest absolute Gasteiger partial charge is 0.392 e. The second kappa shape index (κ2) is 8.34. The molecule has 11 heteroatoms. The summed E-state index contributed by atoms with van der Waals surface area (Å²) in [5.74, 6) is -4.72. The summed E-state index contributed by atoms with van der Waals surface area (Å²) in [6, 6.07) is 4.03. The number of carboxylic acids is 1. The summed E-state index contributed by atoms with van der Waals surface area (Å²) in [5.41, 5.74) is -1.52. The highest BCUT2D eigenvalue weighted by Crippen LogP contribution is 2.33. The SMILES string of the molecule is CC(C)(C)NS(=O)(=O)N=C(C[C@@H](CC(=O)O)C(F)(F)F)c1ccc(F)cc1. The summed E-state index contributed by atoms with van der Waals surface area (Å²) in [4.78, 5) is 10.8. The monoisotopic (exact) mass is 412 g/mol. The maximum atomic E-state index is 13.2. The lowest BCUT2D eigenvalue weighted by molar-refractivity contribution is -0.181. The Hall–Kier alpha value is -2.01. The van der Waals surface area contributed by atoms with E-state index in [1.807, 2.05) is 0 Å². The summed E-state index contributed by atoms with van der Waals surface area (Å²) >= 11 is 0. The van der Waals surface area contributed by atoms with Gasteiger partial charge in [-0.05, 0) is 38.5 Å². The maximum absolute atomic E-state index is 13.2. The second-order valence-electron chi connectivity index (χ2n) is 6.91. The molecule has 1 atom stereocenters. The van der Waals surface area contributed by atoms with Crippen molar-refractivity contribution in [1.82, 2.24) is 4.72 Å². The number of halogens is 4. The highest BCUT2D eigenvalue weighted by atomic mass is 32.2. The lowest BCUT2D eigenvalue weighted by Crippen LogP contribution is -2.40. The van der Waals surface area contributed by atoms with Crippen LogP contribution >= 0.6 is 0 Å². The number of nitrogens with one attached hydrogen (secondary N) is 1. The summed E-state index contributed by atoms with van der Waals surface area (Å²) in [6.45, 7) is 4.54. The fourth-order valence-corrected chi connectivity index (χ4v) is 3.44. The van der Waals surface area contributed by atoms with Gasteiger partial charge in [-0.2, -0.15) is 30.7 Å². The van der Waals surface area contributed by atoms with Crippen molar-refractivity contribution >= 4 is 21.9 Å². The average molecular weight is 412 g/mol. The predicted molar refractivity (Wildman–Crippen MR) is 91.2 cm³/mol. The lowest BCUT2D eigenvalue weighted by Gasteiger charge is -2.21. The Balaban J connectivity index is 3.39. The first-order chi connectivity index (χ1) is 12.1. The van der Waals surface area contributed by atoms with Gasteiger partial charge in [0.1, 0.15) is 5.82 Å². The Morgan fingerprint density at radius 2 is 1.67 bits per heavy atom. The van der Waals surface area contributed by atoms with Crippen LogP contribution in [0.5, 0.6) is 0 Å². The van der Waals surface area contributed by atoms with Crippen LogP contribution in [0.1, 0.15) is 39.2 Å². The normalized spacial score (nSPS) is 14.9. The van der Waals surface area contributed by atoms with Gasteiger partial charge in [0.15, 0.2) is 0 Å². The third-order valence-corrected chi connectivity index (χ3v) is 4.50. The van der Waals surface area contributed by atoms with Crippen molar-refractivity contribution < 1.29 is 35.9 Å². The molecule has 1 rings (SSSR count). The molecule has 0 aromatic heterocycles. The molecule has 0 radical (unpaired) electrons. The summed E-state index contributed by atoms with van der Waals surface area (Å²) in [6.07, 6.45) is -7.14. The molecule has 152 valence electrons. The van der Waals surface area contributed by atoms with E-state index in [1.165, 1.54) is 20.8 Å². The summed E-state index contributed by atoms with van der Waals surface area (Å²) < 4.78 is 82.6. The summed E-state index contributed by atoms with van der Waals surface area (Å²) in [7, 11) is -4.39. The Morgan fingerprint density at radius 1 is 1.15 bits per heavy atom. The first kappa shape index (κ1) is 23.0. The van der Waals surface area contributed by atoms with Gasteiger partial charge in [0.05, 0.1) is 18.1 Å². The van der Waals surface area contributed by atoms with Gasteiger partial charge in [0, 0.05) is 12.0 Å². The quantitative estimate of drug-likeness (QED) is 0.531. The van der Waals surface area contributed by atoms with Gasteiger partial charge in [0.25, 0.3) is 0 Å². The van der Waals surface area contributed by atoms with Gasteiger partial charge in [-0.15, -0.1) is 0 Å². The van der Waals surface area contributed by atoms with Crippen molar-refractivity contribution in [3.05, 3.63) is 35.6 Å². The molecule has 27 heavy (non-hydrogen) atoms. The van der Waals surface area contributed by atoms with Crippen LogP contribution in [-0.2, 0) is 15.0 Å². The van der Waals surface area contributed by atoms with Crippen LogP contribution in [0.15, 0.2) is 28.7 Å². The number of carbonyl (C=O) groups is 1. The number of rotatable bonds is 7. The fourth-order valence-electron chi connectivity index (χ4n) is 2.15. The fraction of sp³-hybridized carbons (Fsp3) is 0.500. The largest absolute Gasteiger partial charge is 0.481 e. The van der Waals surface area contributed by atoms with Gasteiger partial charge >= 0.3 is 22.4 Å². The van der Waals surface area contributed by atoms with E-state index >= 15 is 0 Å². The van der Waals surface area contributed by atoms with E-state index in [1.54, 1.807) is 0 Å². The van der Waals surface area contributed by atoms with Crippen molar-refractivity contribution in [1.29, 1.82) is 0 Å². The van der Waals surface area contributed by atoms with Crippen molar-refractivity contribution in [2.75, 3.05) is 0 Å². The van der Waals surface area contributed by atoms with Crippen molar-refractivity contribution in [3.8, 4) is 0 Å². The zero-order chi connectivity index (χ0) is 21.0. The standard InChI is InChI=1S/C16H20F4N2O4S/c1-15(2,3)22-27(25,26)21-13(10-4-6-12(17)7-5-10)8-11(9-14(23)24)16(18,19)20/h4-7,11,22H,8-9H2,1-3H3,(H,23,24)/t11-/m0/s1. The van der Waals surface area contributed by atoms with E-state index in [4.69, 9.17) is 5.11 Å². The molecule has 0 bridgehead atoms. The molecule has 0 saturated heterocycles. The van der Waals surface area contributed by atoms with Crippen LogP contribution in [0, 0.1) is 11.7 Å². The Kier molecular flexibility index (Phi) is 7.11. The molecule has 0 unspecified atom stereocenters. The van der Waals surface area contributed by atoms with E-state index in [0.717, 1.165) is 24.3 Å². The first-order valence-electron chi connectivity index (χ1n) is 7.76. The Labute approximate surface area is 154 Å². The number of hydrogen-bond acceptors (Lipinski definition) is 3. The molecule has 0 spiro atoms. The van der Waals surface area contributed by atoms with Gasteiger partial charge in [-0.3, -0.25) is 4.79 Å². The highest BCUT2D eigenvalue weighted by molar-refractivity contribution is 7.88. The Morgan fingerprint density at radius 3 is 2.07 bits per heavy atom. The van der Waals surface area contributed by atoms with Crippen molar-refractivity contribution in [2.45, 2.75) is 45.3 Å².